The maximum atomic E-state index is 12.7. The van der Waals surface area contributed by atoms with E-state index in [1.807, 2.05) is 0 Å². The van der Waals surface area contributed by atoms with E-state index in [2.05, 4.69) is 0 Å². The van der Waals surface area contributed by atoms with E-state index in [-0.39, 0.29) is 12.1 Å². The lowest BCUT2D eigenvalue weighted by atomic mass is 10.1. The zero-order chi connectivity index (χ0) is 13.7. The molecule has 0 aromatic carbocycles. The van der Waals surface area contributed by atoms with Crippen molar-refractivity contribution in [1.82, 2.24) is 4.57 Å². The number of alkyl halides is 3. The van der Waals surface area contributed by atoms with Crippen LogP contribution in [0, 0.1) is 6.92 Å². The third-order valence-electron chi connectivity index (χ3n) is 3.47. The summed E-state index contributed by atoms with van der Waals surface area (Å²) in [5.41, 5.74) is -0.0300. The minimum atomic E-state index is -4.38. The summed E-state index contributed by atoms with van der Waals surface area (Å²) in [4.78, 5) is 0. The summed E-state index contributed by atoms with van der Waals surface area (Å²) >= 11 is 0. The van der Waals surface area contributed by atoms with Gasteiger partial charge < -0.3 is 4.57 Å². The molecule has 1 aromatic heterocycles. The molecule has 0 saturated carbocycles. The molecule has 1 aliphatic rings. The van der Waals surface area contributed by atoms with Crippen molar-refractivity contribution in [2.24, 2.45) is 0 Å². The van der Waals surface area contributed by atoms with E-state index in [1.54, 1.807) is 4.57 Å². The van der Waals surface area contributed by atoms with Crippen LogP contribution in [0.25, 0.3) is 0 Å². The van der Waals surface area contributed by atoms with Crippen LogP contribution in [0.5, 0.6) is 0 Å². The van der Waals surface area contributed by atoms with Gasteiger partial charge >= 0.3 is 6.18 Å². The van der Waals surface area contributed by atoms with Crippen molar-refractivity contribution >= 4 is 9.84 Å². The van der Waals surface area contributed by atoms with Gasteiger partial charge in [0.2, 0.25) is 0 Å². The molecule has 1 aliphatic heterocycles. The molecule has 1 atom stereocenters. The van der Waals surface area contributed by atoms with Crippen LogP contribution >= 0.6 is 0 Å². The van der Waals surface area contributed by atoms with E-state index in [9.17, 15) is 21.6 Å². The molecule has 0 amide bonds. The summed E-state index contributed by atoms with van der Waals surface area (Å²) in [5, 5.41) is -0.569. The Morgan fingerprint density at radius 2 is 2.00 bits per heavy atom. The Labute approximate surface area is 104 Å². The van der Waals surface area contributed by atoms with Crippen LogP contribution in [0.2, 0.25) is 0 Å². The molecular formula is C11H14F3NO2S. The lowest BCUT2D eigenvalue weighted by Crippen LogP contribution is -2.30. The molecule has 0 N–H and O–H groups in total. The highest BCUT2D eigenvalue weighted by Gasteiger charge is 2.37. The molecule has 18 heavy (non-hydrogen) atoms. The number of rotatable bonds is 1. The Balaban J connectivity index is 2.41. The fourth-order valence-corrected chi connectivity index (χ4v) is 3.46. The van der Waals surface area contributed by atoms with Crippen LogP contribution < -0.4 is 0 Å². The molecule has 0 saturated heterocycles. The van der Waals surface area contributed by atoms with Gasteiger partial charge in [-0.05, 0) is 19.4 Å². The summed E-state index contributed by atoms with van der Waals surface area (Å²) in [5.74, 6) is 0. The van der Waals surface area contributed by atoms with Gasteiger partial charge in [0.1, 0.15) is 0 Å². The summed E-state index contributed by atoms with van der Waals surface area (Å²) in [6, 6.07) is 1.08. The Morgan fingerprint density at radius 3 is 2.50 bits per heavy atom. The minimum Gasteiger partial charge on any atom is -0.348 e. The van der Waals surface area contributed by atoms with Crippen molar-refractivity contribution < 1.29 is 21.6 Å². The van der Waals surface area contributed by atoms with Crippen molar-refractivity contribution in [3.05, 3.63) is 23.0 Å². The topological polar surface area (TPSA) is 39.1 Å². The standard InChI is InChI=1S/C11H14F3NO2S/c1-7-10(11(12,13)14)6-8-5-9(18(2,16)17)3-4-15(7)8/h6,9H,3-5H2,1-2H3. The van der Waals surface area contributed by atoms with Crippen LogP contribution in [-0.4, -0.2) is 24.5 Å². The average Bonchev–Trinajstić information content (AvgIpc) is 2.54. The number of hydrogen-bond acceptors (Lipinski definition) is 2. The van der Waals surface area contributed by atoms with Gasteiger partial charge in [-0.2, -0.15) is 13.2 Å². The van der Waals surface area contributed by atoms with Crippen molar-refractivity contribution in [2.75, 3.05) is 6.26 Å². The van der Waals surface area contributed by atoms with Gasteiger partial charge in [-0.15, -0.1) is 0 Å². The van der Waals surface area contributed by atoms with E-state index in [0.29, 0.717) is 18.7 Å². The monoisotopic (exact) mass is 281 g/mol. The first-order chi connectivity index (χ1) is 8.10. The zero-order valence-electron chi connectivity index (χ0n) is 10.1. The molecule has 0 fully saturated rings. The average molecular weight is 281 g/mol. The van der Waals surface area contributed by atoms with Crippen LogP contribution in [0.15, 0.2) is 6.07 Å². The van der Waals surface area contributed by atoms with E-state index in [0.717, 1.165) is 12.3 Å². The maximum Gasteiger partial charge on any atom is 0.418 e. The maximum absolute atomic E-state index is 12.7. The van der Waals surface area contributed by atoms with Crippen LogP contribution in [0.1, 0.15) is 23.4 Å². The third kappa shape index (κ3) is 2.28. The second-order valence-corrected chi connectivity index (χ2v) is 7.05. The Kier molecular flexibility index (Phi) is 3.00. The van der Waals surface area contributed by atoms with Crippen LogP contribution in [0.4, 0.5) is 13.2 Å². The molecule has 3 nitrogen and oxygen atoms in total. The Morgan fingerprint density at radius 1 is 1.39 bits per heavy atom. The molecule has 0 radical (unpaired) electrons. The molecule has 1 unspecified atom stereocenters. The SMILES string of the molecule is Cc1c(C(F)(F)F)cc2n1CCC(S(C)(=O)=O)C2. The molecule has 102 valence electrons. The van der Waals surface area contributed by atoms with E-state index in [4.69, 9.17) is 0 Å². The van der Waals surface area contributed by atoms with Crippen molar-refractivity contribution in [2.45, 2.75) is 37.7 Å². The number of sulfone groups is 1. The molecule has 7 heteroatoms. The fourth-order valence-electron chi connectivity index (χ4n) is 2.45. The molecule has 0 spiro atoms. The van der Waals surface area contributed by atoms with E-state index < -0.39 is 26.8 Å². The Hall–Kier alpha value is -0.980. The number of hydrogen-bond donors (Lipinski definition) is 0. The van der Waals surface area contributed by atoms with E-state index >= 15 is 0 Å². The van der Waals surface area contributed by atoms with E-state index in [1.165, 1.54) is 6.92 Å². The molecule has 2 rings (SSSR count). The lowest BCUT2D eigenvalue weighted by molar-refractivity contribution is -0.138. The quantitative estimate of drug-likeness (QED) is 0.791. The smallest absolute Gasteiger partial charge is 0.348 e. The predicted octanol–water partition coefficient (Wildman–Crippen LogP) is 2.17. The first kappa shape index (κ1) is 13.5. The molecule has 1 aromatic rings. The second-order valence-electron chi connectivity index (χ2n) is 4.73. The van der Waals surface area contributed by atoms with Gasteiger partial charge in [0, 0.05) is 30.6 Å². The van der Waals surface area contributed by atoms with Gasteiger partial charge in [0.05, 0.1) is 10.8 Å². The van der Waals surface area contributed by atoms with Crippen LogP contribution in [0.3, 0.4) is 0 Å². The minimum absolute atomic E-state index is 0.162. The summed E-state index contributed by atoms with van der Waals surface area (Å²) in [6.45, 7) is 1.75. The van der Waals surface area contributed by atoms with Gasteiger partial charge in [0.25, 0.3) is 0 Å². The highest BCUT2D eigenvalue weighted by molar-refractivity contribution is 7.91. The number of nitrogens with zero attached hydrogens (tertiary/aromatic N) is 1. The number of halogens is 3. The Bertz CT molecular complexity index is 572. The first-order valence-corrected chi connectivity index (χ1v) is 7.51. The van der Waals surface area contributed by atoms with Gasteiger partial charge in [-0.25, -0.2) is 8.42 Å². The molecule has 2 heterocycles. The highest BCUT2D eigenvalue weighted by atomic mass is 32.2. The van der Waals surface area contributed by atoms with Gasteiger partial charge in [-0.3, -0.25) is 0 Å². The fraction of sp³-hybridized carbons (Fsp3) is 0.636. The second kappa shape index (κ2) is 4.01. The largest absolute Gasteiger partial charge is 0.418 e. The third-order valence-corrected chi connectivity index (χ3v) is 5.09. The molecular weight excluding hydrogens is 267 g/mol. The van der Waals surface area contributed by atoms with Crippen molar-refractivity contribution in [1.29, 1.82) is 0 Å². The normalized spacial score (nSPS) is 20.8. The summed E-state index contributed by atoms with van der Waals surface area (Å²) in [6.07, 6.45) is -2.71. The van der Waals surface area contributed by atoms with Gasteiger partial charge in [0.15, 0.2) is 9.84 Å². The lowest BCUT2D eigenvalue weighted by Gasteiger charge is -2.24. The summed E-state index contributed by atoms with van der Waals surface area (Å²) in [7, 11) is -3.20. The first-order valence-electron chi connectivity index (χ1n) is 5.56. The van der Waals surface area contributed by atoms with Crippen LogP contribution in [-0.2, 0) is 29.0 Å². The number of aromatic nitrogens is 1. The number of fused-ring (bicyclic) bond motifs is 1. The van der Waals surface area contributed by atoms with Crippen molar-refractivity contribution in [3.8, 4) is 0 Å². The van der Waals surface area contributed by atoms with Crippen molar-refractivity contribution in [3.63, 3.8) is 0 Å². The summed E-state index contributed by atoms with van der Waals surface area (Å²) < 4.78 is 62.7. The van der Waals surface area contributed by atoms with Gasteiger partial charge in [-0.1, -0.05) is 0 Å². The molecule has 0 bridgehead atoms. The molecule has 0 aliphatic carbocycles. The zero-order valence-corrected chi connectivity index (χ0v) is 10.9. The highest BCUT2D eigenvalue weighted by Crippen LogP contribution is 2.36. The predicted molar refractivity (Wildman–Crippen MR) is 61.1 cm³/mol.